The summed E-state index contributed by atoms with van der Waals surface area (Å²) in [5, 5.41) is 9.70. The summed E-state index contributed by atoms with van der Waals surface area (Å²) in [6.07, 6.45) is -0.302. The predicted octanol–water partition coefficient (Wildman–Crippen LogP) is 0.571. The van der Waals surface area contributed by atoms with Gasteiger partial charge in [0, 0.05) is 6.54 Å². The van der Waals surface area contributed by atoms with Crippen molar-refractivity contribution in [2.45, 2.75) is 25.2 Å². The van der Waals surface area contributed by atoms with E-state index in [0.29, 0.717) is 24.4 Å². The zero-order valence-corrected chi connectivity index (χ0v) is 5.90. The average Bonchev–Trinajstić information content (AvgIpc) is 2.24. The number of carbonyl (C=O) groups is 1. The van der Waals surface area contributed by atoms with Crippen molar-refractivity contribution < 1.29 is 14.4 Å². The van der Waals surface area contributed by atoms with Crippen molar-refractivity contribution in [2.24, 2.45) is 0 Å². The van der Waals surface area contributed by atoms with Gasteiger partial charge in [-0.05, 0) is 12.8 Å². The molecule has 11 heavy (non-hydrogen) atoms. The molecule has 0 spiro atoms. The van der Waals surface area contributed by atoms with Gasteiger partial charge in [0.05, 0.1) is 6.04 Å². The molecule has 0 aromatic heterocycles. The van der Waals surface area contributed by atoms with Gasteiger partial charge in [-0.1, -0.05) is 0 Å². The molecular formula is C6H9FN2O2. The van der Waals surface area contributed by atoms with E-state index in [-0.39, 0.29) is 6.04 Å². The maximum Gasteiger partial charge on any atom is 0.346 e. The normalized spacial score (nSPS) is 36.7. The highest BCUT2D eigenvalue weighted by atomic mass is 19.1. The van der Waals surface area contributed by atoms with Crippen LogP contribution in [0.1, 0.15) is 12.8 Å². The number of carbonyl (C=O) groups excluding carboxylic acids is 1. The number of alkyl halides is 1. The molecule has 5 heteroatoms. The van der Waals surface area contributed by atoms with E-state index < -0.39 is 12.3 Å². The zero-order valence-electron chi connectivity index (χ0n) is 5.90. The van der Waals surface area contributed by atoms with Crippen LogP contribution in [0.5, 0.6) is 0 Å². The molecule has 2 atom stereocenters. The first-order chi connectivity index (χ1) is 5.20. The molecule has 0 radical (unpaired) electrons. The summed E-state index contributed by atoms with van der Waals surface area (Å²) in [7, 11) is 0. The second-order valence-corrected chi connectivity index (χ2v) is 2.95. The fourth-order valence-electron chi connectivity index (χ4n) is 1.60. The van der Waals surface area contributed by atoms with Gasteiger partial charge in [0.1, 0.15) is 0 Å². The van der Waals surface area contributed by atoms with E-state index in [1.54, 1.807) is 0 Å². The van der Waals surface area contributed by atoms with Gasteiger partial charge >= 0.3 is 6.03 Å². The van der Waals surface area contributed by atoms with Gasteiger partial charge in [0.25, 0.3) is 0 Å². The van der Waals surface area contributed by atoms with Crippen LogP contribution in [0.2, 0.25) is 0 Å². The van der Waals surface area contributed by atoms with E-state index in [2.05, 4.69) is 0 Å². The lowest BCUT2D eigenvalue weighted by Gasteiger charge is -2.23. The summed E-state index contributed by atoms with van der Waals surface area (Å²) >= 11 is 0. The van der Waals surface area contributed by atoms with E-state index in [0.717, 1.165) is 4.90 Å². The van der Waals surface area contributed by atoms with Crippen LogP contribution in [0.25, 0.3) is 0 Å². The van der Waals surface area contributed by atoms with E-state index in [4.69, 9.17) is 5.21 Å². The molecule has 0 aromatic rings. The summed E-state index contributed by atoms with van der Waals surface area (Å²) in [5.74, 6) is 0. The van der Waals surface area contributed by atoms with Gasteiger partial charge in [-0.15, -0.1) is 0 Å². The van der Waals surface area contributed by atoms with E-state index in [1.807, 2.05) is 0 Å². The summed E-state index contributed by atoms with van der Waals surface area (Å²) in [4.78, 5) is 12.0. The molecule has 1 N–H and O–H groups in total. The Bertz CT molecular complexity index is 199. The van der Waals surface area contributed by atoms with Crippen molar-refractivity contribution in [3.8, 4) is 0 Å². The van der Waals surface area contributed by atoms with E-state index in [9.17, 15) is 9.18 Å². The largest absolute Gasteiger partial charge is 0.346 e. The highest BCUT2D eigenvalue weighted by Crippen LogP contribution is 2.28. The number of hydrogen-bond acceptors (Lipinski definition) is 2. The monoisotopic (exact) mass is 160 g/mol. The molecular weight excluding hydrogens is 151 g/mol. The molecule has 0 saturated carbocycles. The van der Waals surface area contributed by atoms with Gasteiger partial charge in [-0.25, -0.2) is 14.2 Å². The SMILES string of the molecule is O=C1N(O)[C@@H]2CC[C@@H](F)N1C2. The number of urea groups is 1. The van der Waals surface area contributed by atoms with E-state index >= 15 is 0 Å². The minimum absolute atomic E-state index is 0.186. The molecule has 2 saturated heterocycles. The standard InChI is InChI=1S/C6H9FN2O2/c7-5-2-1-4-3-8(5)6(10)9(4)11/h4-5,11H,1-3H2/t4-,5+/m1/s1. The van der Waals surface area contributed by atoms with Gasteiger partial charge in [-0.3, -0.25) is 10.1 Å². The minimum atomic E-state index is -1.20. The molecule has 2 amide bonds. The topological polar surface area (TPSA) is 43.8 Å². The minimum Gasteiger partial charge on any atom is -0.290 e. The quantitative estimate of drug-likeness (QED) is 0.416. The molecule has 2 heterocycles. The summed E-state index contributed by atoms with van der Waals surface area (Å²) in [6.45, 7) is 0.330. The Morgan fingerprint density at radius 2 is 2.27 bits per heavy atom. The lowest BCUT2D eigenvalue weighted by atomic mass is 10.1. The maximum atomic E-state index is 12.9. The molecule has 0 aliphatic carbocycles. The van der Waals surface area contributed by atoms with Crippen molar-refractivity contribution >= 4 is 6.03 Å². The van der Waals surface area contributed by atoms with Crippen molar-refractivity contribution in [1.29, 1.82) is 0 Å². The Morgan fingerprint density at radius 3 is 2.91 bits per heavy atom. The number of hydrogen-bond donors (Lipinski definition) is 1. The third-order valence-electron chi connectivity index (χ3n) is 2.27. The second-order valence-electron chi connectivity index (χ2n) is 2.95. The number of amides is 2. The first-order valence-electron chi connectivity index (χ1n) is 3.63. The fourth-order valence-corrected chi connectivity index (χ4v) is 1.60. The molecule has 2 bridgehead atoms. The van der Waals surface area contributed by atoms with Gasteiger partial charge in [-0.2, -0.15) is 0 Å². The number of fused-ring (bicyclic) bond motifs is 2. The first kappa shape index (κ1) is 6.84. The summed E-state index contributed by atoms with van der Waals surface area (Å²) in [5.41, 5.74) is 0. The van der Waals surface area contributed by atoms with Crippen LogP contribution in [0.3, 0.4) is 0 Å². The average molecular weight is 160 g/mol. The molecule has 2 fully saturated rings. The molecule has 0 unspecified atom stereocenters. The number of piperidine rings is 1. The first-order valence-corrected chi connectivity index (χ1v) is 3.63. The predicted molar refractivity (Wildman–Crippen MR) is 33.6 cm³/mol. The van der Waals surface area contributed by atoms with Crippen LogP contribution in [-0.4, -0.2) is 40.1 Å². The maximum absolute atomic E-state index is 12.9. The number of rotatable bonds is 0. The Kier molecular flexibility index (Phi) is 1.29. The number of nitrogens with zero attached hydrogens (tertiary/aromatic N) is 2. The smallest absolute Gasteiger partial charge is 0.290 e. The van der Waals surface area contributed by atoms with Crippen LogP contribution < -0.4 is 0 Å². The van der Waals surface area contributed by atoms with Crippen LogP contribution in [0, 0.1) is 0 Å². The Morgan fingerprint density at radius 1 is 1.55 bits per heavy atom. The molecule has 2 rings (SSSR count). The Hall–Kier alpha value is -0.840. The van der Waals surface area contributed by atoms with Crippen LogP contribution in [0.15, 0.2) is 0 Å². The number of halogens is 1. The third kappa shape index (κ3) is 0.805. The van der Waals surface area contributed by atoms with Crippen molar-refractivity contribution in [1.82, 2.24) is 9.96 Å². The molecule has 2 aliphatic heterocycles. The van der Waals surface area contributed by atoms with Gasteiger partial charge < -0.3 is 0 Å². The van der Waals surface area contributed by atoms with Crippen molar-refractivity contribution in [3.63, 3.8) is 0 Å². The van der Waals surface area contributed by atoms with Crippen LogP contribution >= 0.6 is 0 Å². The fraction of sp³-hybridized carbons (Fsp3) is 0.833. The molecule has 4 nitrogen and oxygen atoms in total. The molecule has 0 aromatic carbocycles. The van der Waals surface area contributed by atoms with Gasteiger partial charge in [0.2, 0.25) is 0 Å². The summed E-state index contributed by atoms with van der Waals surface area (Å²) in [6, 6.07) is -0.783. The highest BCUT2D eigenvalue weighted by molar-refractivity contribution is 5.76. The lowest BCUT2D eigenvalue weighted by Crippen LogP contribution is -2.36. The van der Waals surface area contributed by atoms with Crippen molar-refractivity contribution in [2.75, 3.05) is 6.54 Å². The van der Waals surface area contributed by atoms with Crippen LogP contribution in [-0.2, 0) is 0 Å². The Labute approximate surface area is 63.1 Å². The van der Waals surface area contributed by atoms with E-state index in [1.165, 1.54) is 0 Å². The Balaban J connectivity index is 2.22. The van der Waals surface area contributed by atoms with Crippen LogP contribution in [0.4, 0.5) is 9.18 Å². The van der Waals surface area contributed by atoms with Crippen molar-refractivity contribution in [3.05, 3.63) is 0 Å². The number of hydroxylamine groups is 2. The highest BCUT2D eigenvalue weighted by Gasteiger charge is 2.44. The second kappa shape index (κ2) is 2.07. The lowest BCUT2D eigenvalue weighted by molar-refractivity contribution is -0.0586. The third-order valence-corrected chi connectivity index (χ3v) is 2.27. The zero-order chi connectivity index (χ0) is 8.01. The van der Waals surface area contributed by atoms with Gasteiger partial charge in [0.15, 0.2) is 6.30 Å². The summed E-state index contributed by atoms with van der Waals surface area (Å²) < 4.78 is 12.9. The molecule has 2 aliphatic rings. The molecule has 62 valence electrons.